The maximum atomic E-state index is 9.80. The number of hydrogen-bond acceptors (Lipinski definition) is 5. The Bertz CT molecular complexity index is 459. The van der Waals surface area contributed by atoms with Crippen LogP contribution in [0.1, 0.15) is 18.1 Å². The number of aliphatic hydroxyl groups excluding tert-OH is 1. The third-order valence-corrected chi connectivity index (χ3v) is 3.25. The van der Waals surface area contributed by atoms with Crippen LogP contribution in [-0.2, 0) is 12.8 Å². The molecule has 2 unspecified atom stereocenters. The molecule has 0 saturated heterocycles. The SMILES string of the molecule is COc1cc(OC)c2c(c1CC(C)N)CC(O)CO2. The van der Waals surface area contributed by atoms with Crippen LogP contribution in [-0.4, -0.2) is 38.1 Å². The second-order valence-corrected chi connectivity index (χ2v) is 4.92. The van der Waals surface area contributed by atoms with Crippen molar-refractivity contribution in [1.82, 2.24) is 0 Å². The van der Waals surface area contributed by atoms with Gasteiger partial charge in [0.15, 0.2) is 11.5 Å². The number of aliphatic hydroxyl groups is 1. The molecule has 0 saturated carbocycles. The molecule has 1 aliphatic heterocycles. The molecule has 0 radical (unpaired) electrons. The summed E-state index contributed by atoms with van der Waals surface area (Å²) in [5.74, 6) is 2.06. The fourth-order valence-electron chi connectivity index (χ4n) is 2.43. The molecule has 19 heavy (non-hydrogen) atoms. The zero-order chi connectivity index (χ0) is 14.0. The van der Waals surface area contributed by atoms with E-state index in [1.807, 2.05) is 13.0 Å². The van der Waals surface area contributed by atoms with E-state index in [4.69, 9.17) is 19.9 Å². The molecule has 0 fully saturated rings. The summed E-state index contributed by atoms with van der Waals surface area (Å²) < 4.78 is 16.4. The molecule has 3 N–H and O–H groups in total. The van der Waals surface area contributed by atoms with E-state index in [2.05, 4.69) is 0 Å². The first kappa shape index (κ1) is 14.0. The Morgan fingerprint density at radius 1 is 1.42 bits per heavy atom. The van der Waals surface area contributed by atoms with Crippen molar-refractivity contribution >= 4 is 0 Å². The molecule has 5 heteroatoms. The van der Waals surface area contributed by atoms with Crippen LogP contribution in [0.2, 0.25) is 0 Å². The van der Waals surface area contributed by atoms with Gasteiger partial charge in [0.1, 0.15) is 12.4 Å². The van der Waals surface area contributed by atoms with Crippen molar-refractivity contribution in [3.05, 3.63) is 17.2 Å². The number of hydrogen-bond donors (Lipinski definition) is 2. The average molecular weight is 267 g/mol. The molecule has 106 valence electrons. The largest absolute Gasteiger partial charge is 0.496 e. The van der Waals surface area contributed by atoms with Crippen LogP contribution in [0.25, 0.3) is 0 Å². The van der Waals surface area contributed by atoms with E-state index in [-0.39, 0.29) is 12.6 Å². The van der Waals surface area contributed by atoms with Gasteiger partial charge in [0, 0.05) is 29.7 Å². The standard InChI is InChI=1S/C14H21NO4/c1-8(15)4-10-11-5-9(16)7-19-14(11)13(18-3)6-12(10)17-2/h6,8-9,16H,4-5,7,15H2,1-3H3. The first-order valence-corrected chi connectivity index (χ1v) is 6.40. The van der Waals surface area contributed by atoms with Crippen molar-refractivity contribution in [3.8, 4) is 17.2 Å². The molecule has 1 aromatic rings. The van der Waals surface area contributed by atoms with Crippen LogP contribution in [0.3, 0.4) is 0 Å². The molecular formula is C14H21NO4. The van der Waals surface area contributed by atoms with E-state index in [1.54, 1.807) is 14.2 Å². The van der Waals surface area contributed by atoms with Crippen LogP contribution in [0.5, 0.6) is 17.2 Å². The number of fused-ring (bicyclic) bond motifs is 1. The van der Waals surface area contributed by atoms with Gasteiger partial charge in [-0.3, -0.25) is 0 Å². The lowest BCUT2D eigenvalue weighted by Gasteiger charge is -2.27. The van der Waals surface area contributed by atoms with Gasteiger partial charge < -0.3 is 25.1 Å². The van der Waals surface area contributed by atoms with Gasteiger partial charge in [-0.05, 0) is 13.3 Å². The van der Waals surface area contributed by atoms with Gasteiger partial charge in [0.2, 0.25) is 0 Å². The molecule has 2 rings (SSSR count). The summed E-state index contributed by atoms with van der Waals surface area (Å²) in [5, 5.41) is 9.80. The quantitative estimate of drug-likeness (QED) is 0.847. The van der Waals surface area contributed by atoms with Crippen molar-refractivity contribution in [1.29, 1.82) is 0 Å². The maximum Gasteiger partial charge on any atom is 0.165 e. The third-order valence-electron chi connectivity index (χ3n) is 3.25. The van der Waals surface area contributed by atoms with Gasteiger partial charge in [0.25, 0.3) is 0 Å². The van der Waals surface area contributed by atoms with E-state index in [0.717, 1.165) is 16.9 Å². The van der Waals surface area contributed by atoms with Crippen molar-refractivity contribution in [2.24, 2.45) is 5.73 Å². The first-order chi connectivity index (χ1) is 9.06. The molecule has 1 heterocycles. The highest BCUT2D eigenvalue weighted by Gasteiger charge is 2.27. The number of ether oxygens (including phenoxy) is 3. The van der Waals surface area contributed by atoms with Crippen molar-refractivity contribution in [2.75, 3.05) is 20.8 Å². The van der Waals surface area contributed by atoms with Crippen molar-refractivity contribution in [2.45, 2.75) is 31.9 Å². The Balaban J connectivity index is 2.56. The third kappa shape index (κ3) is 2.77. The van der Waals surface area contributed by atoms with Gasteiger partial charge in [-0.1, -0.05) is 0 Å². The number of rotatable bonds is 4. The highest BCUT2D eigenvalue weighted by molar-refractivity contribution is 5.58. The second kappa shape index (κ2) is 5.67. The predicted molar refractivity (Wildman–Crippen MR) is 72.1 cm³/mol. The molecule has 1 aliphatic rings. The van der Waals surface area contributed by atoms with E-state index < -0.39 is 6.10 Å². The first-order valence-electron chi connectivity index (χ1n) is 6.40. The molecule has 0 aromatic heterocycles. The van der Waals surface area contributed by atoms with Gasteiger partial charge in [-0.2, -0.15) is 0 Å². The fraction of sp³-hybridized carbons (Fsp3) is 0.571. The Morgan fingerprint density at radius 2 is 2.11 bits per heavy atom. The molecule has 2 atom stereocenters. The Morgan fingerprint density at radius 3 is 2.68 bits per heavy atom. The molecule has 0 spiro atoms. The minimum Gasteiger partial charge on any atom is -0.496 e. The Labute approximate surface area is 113 Å². The summed E-state index contributed by atoms with van der Waals surface area (Å²) in [6.07, 6.45) is 0.701. The van der Waals surface area contributed by atoms with Gasteiger partial charge in [-0.25, -0.2) is 0 Å². The fourth-order valence-corrected chi connectivity index (χ4v) is 2.43. The molecular weight excluding hydrogens is 246 g/mol. The number of methoxy groups -OCH3 is 2. The van der Waals surface area contributed by atoms with Crippen molar-refractivity contribution in [3.63, 3.8) is 0 Å². The van der Waals surface area contributed by atoms with E-state index in [1.165, 1.54) is 0 Å². The Hall–Kier alpha value is -1.46. The lowest BCUT2D eigenvalue weighted by molar-refractivity contribution is 0.0892. The van der Waals surface area contributed by atoms with Crippen LogP contribution >= 0.6 is 0 Å². The monoisotopic (exact) mass is 267 g/mol. The topological polar surface area (TPSA) is 73.9 Å². The van der Waals surface area contributed by atoms with Crippen LogP contribution in [0, 0.1) is 0 Å². The van der Waals surface area contributed by atoms with E-state index in [9.17, 15) is 5.11 Å². The summed E-state index contributed by atoms with van der Waals surface area (Å²) in [6, 6.07) is 1.82. The summed E-state index contributed by atoms with van der Waals surface area (Å²) in [7, 11) is 3.21. The highest BCUT2D eigenvalue weighted by atomic mass is 16.5. The molecule has 0 aliphatic carbocycles. The number of nitrogens with two attached hydrogens (primary N) is 1. The van der Waals surface area contributed by atoms with Gasteiger partial charge in [-0.15, -0.1) is 0 Å². The van der Waals surface area contributed by atoms with Crippen LogP contribution in [0.4, 0.5) is 0 Å². The highest BCUT2D eigenvalue weighted by Crippen LogP contribution is 2.42. The summed E-state index contributed by atoms with van der Waals surface area (Å²) in [6.45, 7) is 2.23. The van der Waals surface area contributed by atoms with Gasteiger partial charge >= 0.3 is 0 Å². The summed E-state index contributed by atoms with van der Waals surface area (Å²) >= 11 is 0. The smallest absolute Gasteiger partial charge is 0.165 e. The van der Waals surface area contributed by atoms with Gasteiger partial charge in [0.05, 0.1) is 20.3 Å². The van der Waals surface area contributed by atoms with Crippen LogP contribution < -0.4 is 19.9 Å². The zero-order valence-electron chi connectivity index (χ0n) is 11.6. The molecule has 0 amide bonds. The van der Waals surface area contributed by atoms with E-state index in [0.29, 0.717) is 24.3 Å². The normalized spacial score (nSPS) is 19.3. The zero-order valence-corrected chi connectivity index (χ0v) is 11.6. The average Bonchev–Trinajstić information content (AvgIpc) is 2.38. The number of benzene rings is 1. The lowest BCUT2D eigenvalue weighted by Crippen LogP contribution is -2.28. The van der Waals surface area contributed by atoms with Crippen molar-refractivity contribution < 1.29 is 19.3 Å². The summed E-state index contributed by atoms with van der Waals surface area (Å²) in [4.78, 5) is 0. The molecule has 5 nitrogen and oxygen atoms in total. The molecule has 1 aromatic carbocycles. The van der Waals surface area contributed by atoms with Crippen LogP contribution in [0.15, 0.2) is 6.07 Å². The Kier molecular flexibility index (Phi) is 4.17. The minimum absolute atomic E-state index is 0.00506. The lowest BCUT2D eigenvalue weighted by atomic mass is 9.93. The molecule has 0 bridgehead atoms. The maximum absolute atomic E-state index is 9.80. The summed E-state index contributed by atoms with van der Waals surface area (Å²) in [5.41, 5.74) is 7.83. The van der Waals surface area contributed by atoms with E-state index >= 15 is 0 Å². The minimum atomic E-state index is -0.504. The second-order valence-electron chi connectivity index (χ2n) is 4.92. The predicted octanol–water partition coefficient (Wildman–Crippen LogP) is 0.889.